The largest absolute Gasteiger partial charge is 0.391 e. The Balaban J connectivity index is 1.94. The first-order chi connectivity index (χ1) is 7.18. The summed E-state index contributed by atoms with van der Waals surface area (Å²) < 4.78 is 0. The molecule has 2 fully saturated rings. The molecule has 0 aromatic carbocycles. The van der Waals surface area contributed by atoms with E-state index in [1.165, 1.54) is 0 Å². The topological polar surface area (TPSA) is 40.5 Å². The maximum atomic E-state index is 11.4. The van der Waals surface area contributed by atoms with Crippen LogP contribution in [0.15, 0.2) is 0 Å². The van der Waals surface area contributed by atoms with E-state index < -0.39 is 0 Å². The molecule has 1 aliphatic carbocycles. The zero-order valence-corrected chi connectivity index (χ0v) is 9.48. The molecule has 0 amide bonds. The van der Waals surface area contributed by atoms with Gasteiger partial charge in [0.25, 0.3) is 0 Å². The molecule has 1 N–H and O–H groups in total. The van der Waals surface area contributed by atoms with E-state index in [2.05, 4.69) is 4.90 Å². The number of nitrogens with zero attached hydrogens (tertiary/aromatic N) is 1. The summed E-state index contributed by atoms with van der Waals surface area (Å²) in [5.41, 5.74) is 0. The molecule has 3 nitrogen and oxygen atoms in total. The van der Waals surface area contributed by atoms with Crippen molar-refractivity contribution in [3.8, 4) is 0 Å². The molecule has 2 aliphatic rings. The molecule has 0 aromatic heterocycles. The normalized spacial score (nSPS) is 38.1. The van der Waals surface area contributed by atoms with E-state index in [0.717, 1.165) is 45.2 Å². The first-order valence-electron chi connectivity index (χ1n) is 6.11. The summed E-state index contributed by atoms with van der Waals surface area (Å²) in [5.74, 6) is 0.527. The van der Waals surface area contributed by atoms with Crippen molar-refractivity contribution in [1.82, 2.24) is 4.90 Å². The molecule has 3 unspecified atom stereocenters. The lowest BCUT2D eigenvalue weighted by Gasteiger charge is -2.37. The monoisotopic (exact) mass is 211 g/mol. The van der Waals surface area contributed by atoms with Crippen LogP contribution in [0.1, 0.15) is 39.0 Å². The number of aliphatic hydroxyl groups is 1. The fourth-order valence-electron chi connectivity index (χ4n) is 2.99. The fourth-order valence-corrected chi connectivity index (χ4v) is 2.99. The van der Waals surface area contributed by atoms with E-state index in [9.17, 15) is 9.90 Å². The number of rotatable bonds is 2. The Labute approximate surface area is 91.5 Å². The van der Waals surface area contributed by atoms with Crippen molar-refractivity contribution in [2.45, 2.75) is 51.2 Å². The third kappa shape index (κ3) is 2.40. The molecular formula is C12H21NO2. The van der Waals surface area contributed by atoms with Crippen molar-refractivity contribution < 1.29 is 9.90 Å². The zero-order chi connectivity index (χ0) is 10.8. The average Bonchev–Trinajstić information content (AvgIpc) is 2.64. The molecule has 0 bridgehead atoms. The van der Waals surface area contributed by atoms with Gasteiger partial charge in [-0.05, 0) is 45.6 Å². The predicted octanol–water partition coefficient (Wildman–Crippen LogP) is 1.20. The third-order valence-electron chi connectivity index (χ3n) is 3.94. The Morgan fingerprint density at radius 2 is 2.07 bits per heavy atom. The number of Topliss-reactive ketones (excluding diaryl/α,β-unsaturated/α-hetero) is 1. The summed E-state index contributed by atoms with van der Waals surface area (Å²) in [4.78, 5) is 13.7. The van der Waals surface area contributed by atoms with Crippen LogP contribution < -0.4 is 0 Å². The summed E-state index contributed by atoms with van der Waals surface area (Å²) in [6.07, 6.45) is 5.16. The molecule has 0 radical (unpaired) electrons. The zero-order valence-electron chi connectivity index (χ0n) is 9.48. The standard InChI is InChI=1S/C12H21NO2/c1-9(14)10-4-3-7-13(8-10)11-5-2-6-12(11)15/h10-12,15H,2-8H2,1H3. The number of hydrogen-bond acceptors (Lipinski definition) is 3. The fraction of sp³-hybridized carbons (Fsp3) is 0.917. The Bertz CT molecular complexity index is 242. The molecule has 3 heteroatoms. The van der Waals surface area contributed by atoms with E-state index in [4.69, 9.17) is 0 Å². The van der Waals surface area contributed by atoms with Crippen LogP contribution in [0.25, 0.3) is 0 Å². The highest BCUT2D eigenvalue weighted by molar-refractivity contribution is 5.78. The minimum Gasteiger partial charge on any atom is -0.391 e. The lowest BCUT2D eigenvalue weighted by Crippen LogP contribution is -2.47. The van der Waals surface area contributed by atoms with Gasteiger partial charge in [0.2, 0.25) is 0 Å². The highest BCUT2D eigenvalue weighted by atomic mass is 16.3. The number of hydrogen-bond donors (Lipinski definition) is 1. The van der Waals surface area contributed by atoms with Crippen LogP contribution in [0.2, 0.25) is 0 Å². The molecule has 86 valence electrons. The number of likely N-dealkylation sites (tertiary alicyclic amines) is 1. The first kappa shape index (κ1) is 11.1. The molecular weight excluding hydrogens is 190 g/mol. The second-order valence-corrected chi connectivity index (χ2v) is 5.01. The summed E-state index contributed by atoms with van der Waals surface area (Å²) in [6, 6.07) is 0.326. The van der Waals surface area contributed by atoms with Gasteiger partial charge in [0.1, 0.15) is 5.78 Å². The molecule has 1 saturated carbocycles. The second kappa shape index (κ2) is 4.62. The molecule has 0 spiro atoms. The van der Waals surface area contributed by atoms with Crippen molar-refractivity contribution in [3.63, 3.8) is 0 Å². The highest BCUT2D eigenvalue weighted by Gasteiger charge is 2.34. The minimum absolute atomic E-state index is 0.157. The Kier molecular flexibility index (Phi) is 3.42. The molecule has 0 aromatic rings. The maximum Gasteiger partial charge on any atom is 0.134 e. The number of carbonyl (C=O) groups is 1. The minimum atomic E-state index is -0.157. The van der Waals surface area contributed by atoms with Crippen molar-refractivity contribution >= 4 is 5.78 Å². The lowest BCUT2D eigenvalue weighted by atomic mass is 9.93. The van der Waals surface area contributed by atoms with Crippen molar-refractivity contribution in [2.75, 3.05) is 13.1 Å². The quantitative estimate of drug-likeness (QED) is 0.746. The van der Waals surface area contributed by atoms with Crippen molar-refractivity contribution in [3.05, 3.63) is 0 Å². The van der Waals surface area contributed by atoms with Gasteiger partial charge in [-0.2, -0.15) is 0 Å². The number of piperidine rings is 1. The van der Waals surface area contributed by atoms with Gasteiger partial charge in [0.15, 0.2) is 0 Å². The number of aliphatic hydroxyl groups excluding tert-OH is 1. The highest BCUT2D eigenvalue weighted by Crippen LogP contribution is 2.28. The number of carbonyl (C=O) groups excluding carboxylic acids is 1. The van der Waals surface area contributed by atoms with Crippen LogP contribution in [0.4, 0.5) is 0 Å². The van der Waals surface area contributed by atoms with Gasteiger partial charge in [-0.15, -0.1) is 0 Å². The van der Waals surface area contributed by atoms with Crippen LogP contribution in [-0.2, 0) is 4.79 Å². The number of ketones is 1. The smallest absolute Gasteiger partial charge is 0.134 e. The van der Waals surface area contributed by atoms with E-state index in [-0.39, 0.29) is 12.0 Å². The van der Waals surface area contributed by atoms with Crippen LogP contribution in [0.5, 0.6) is 0 Å². The molecule has 1 heterocycles. The third-order valence-corrected chi connectivity index (χ3v) is 3.94. The lowest BCUT2D eigenvalue weighted by molar-refractivity contribution is -0.123. The van der Waals surface area contributed by atoms with Crippen LogP contribution >= 0.6 is 0 Å². The van der Waals surface area contributed by atoms with Crippen molar-refractivity contribution in [2.24, 2.45) is 5.92 Å². The molecule has 2 rings (SSSR count). The van der Waals surface area contributed by atoms with Crippen LogP contribution in [0.3, 0.4) is 0 Å². The maximum absolute atomic E-state index is 11.4. The SMILES string of the molecule is CC(=O)C1CCCN(C2CCCC2O)C1. The Morgan fingerprint density at radius 3 is 2.67 bits per heavy atom. The van der Waals surface area contributed by atoms with Crippen LogP contribution in [0, 0.1) is 5.92 Å². The molecule has 3 atom stereocenters. The Hall–Kier alpha value is -0.410. The molecule has 1 saturated heterocycles. The molecule has 1 aliphatic heterocycles. The van der Waals surface area contributed by atoms with Gasteiger partial charge < -0.3 is 5.11 Å². The van der Waals surface area contributed by atoms with Gasteiger partial charge >= 0.3 is 0 Å². The molecule has 15 heavy (non-hydrogen) atoms. The van der Waals surface area contributed by atoms with Gasteiger partial charge in [0.05, 0.1) is 6.10 Å². The summed E-state index contributed by atoms with van der Waals surface area (Å²) in [7, 11) is 0. The Morgan fingerprint density at radius 1 is 1.27 bits per heavy atom. The van der Waals surface area contributed by atoms with E-state index in [1.807, 2.05) is 0 Å². The van der Waals surface area contributed by atoms with Crippen LogP contribution in [-0.4, -0.2) is 41.0 Å². The summed E-state index contributed by atoms with van der Waals surface area (Å²) in [6.45, 7) is 3.63. The van der Waals surface area contributed by atoms with E-state index in [0.29, 0.717) is 11.8 Å². The van der Waals surface area contributed by atoms with Gasteiger partial charge in [-0.1, -0.05) is 0 Å². The first-order valence-corrected chi connectivity index (χ1v) is 6.11. The summed E-state index contributed by atoms with van der Waals surface area (Å²) in [5, 5.41) is 9.84. The van der Waals surface area contributed by atoms with Crippen molar-refractivity contribution in [1.29, 1.82) is 0 Å². The van der Waals surface area contributed by atoms with E-state index >= 15 is 0 Å². The second-order valence-electron chi connectivity index (χ2n) is 5.01. The average molecular weight is 211 g/mol. The predicted molar refractivity (Wildman–Crippen MR) is 58.6 cm³/mol. The van der Waals surface area contributed by atoms with E-state index in [1.54, 1.807) is 6.92 Å². The van der Waals surface area contributed by atoms with Gasteiger partial charge in [-0.25, -0.2) is 0 Å². The van der Waals surface area contributed by atoms with Gasteiger partial charge in [0, 0.05) is 18.5 Å². The van der Waals surface area contributed by atoms with Gasteiger partial charge in [-0.3, -0.25) is 9.69 Å². The summed E-state index contributed by atoms with van der Waals surface area (Å²) >= 11 is 0.